The van der Waals surface area contributed by atoms with Crippen LogP contribution in [0.2, 0.25) is 0 Å². The van der Waals surface area contributed by atoms with Gasteiger partial charge in [0, 0.05) is 4.47 Å². The Balaban J connectivity index is 2.34. The quantitative estimate of drug-likeness (QED) is 0.936. The van der Waals surface area contributed by atoms with Gasteiger partial charge in [-0.1, -0.05) is 45.8 Å². The summed E-state index contributed by atoms with van der Waals surface area (Å²) in [7, 11) is 1.66. The molecule has 94 valence electrons. The molecule has 0 saturated heterocycles. The number of hydrogen-bond acceptors (Lipinski definition) is 2. The first-order valence-corrected chi connectivity index (χ1v) is 6.56. The van der Waals surface area contributed by atoms with Gasteiger partial charge in [-0.3, -0.25) is 0 Å². The third kappa shape index (κ3) is 2.74. The number of hydrogen-bond donors (Lipinski definition) is 1. The normalized spacial score (nSPS) is 12.2. The number of ether oxygens (including phenoxy) is 1. The molecule has 1 unspecified atom stereocenters. The van der Waals surface area contributed by atoms with Crippen molar-refractivity contribution in [2.24, 2.45) is 5.73 Å². The second-order valence-corrected chi connectivity index (χ2v) is 5.13. The number of benzene rings is 2. The molecule has 0 spiro atoms. The molecule has 2 rings (SSSR count). The predicted octanol–water partition coefficient (Wildman–Crippen LogP) is 3.81. The van der Waals surface area contributed by atoms with Crippen molar-refractivity contribution >= 4 is 15.9 Å². The van der Waals surface area contributed by atoms with E-state index in [1.165, 1.54) is 5.56 Å². The molecular weight excluding hydrogens is 290 g/mol. The van der Waals surface area contributed by atoms with E-state index in [4.69, 9.17) is 10.5 Å². The molecule has 0 aliphatic heterocycles. The summed E-state index contributed by atoms with van der Waals surface area (Å²) in [6.45, 7) is 2.07. The smallest absolute Gasteiger partial charge is 0.118 e. The molecule has 2 aromatic rings. The summed E-state index contributed by atoms with van der Waals surface area (Å²) < 4.78 is 6.19. The molecule has 2 N–H and O–H groups in total. The maximum atomic E-state index is 6.31. The van der Waals surface area contributed by atoms with E-state index in [1.807, 2.05) is 30.3 Å². The fourth-order valence-electron chi connectivity index (χ4n) is 1.89. The summed E-state index contributed by atoms with van der Waals surface area (Å²) >= 11 is 3.55. The molecule has 0 heterocycles. The van der Waals surface area contributed by atoms with Crippen molar-refractivity contribution in [1.29, 1.82) is 0 Å². The molecule has 0 bridgehead atoms. The molecule has 1 atom stereocenters. The van der Waals surface area contributed by atoms with Gasteiger partial charge in [0.2, 0.25) is 0 Å². The van der Waals surface area contributed by atoms with Crippen molar-refractivity contribution in [3.05, 3.63) is 63.6 Å². The van der Waals surface area contributed by atoms with Crippen LogP contribution in [0, 0.1) is 6.92 Å². The molecule has 0 amide bonds. The lowest BCUT2D eigenvalue weighted by molar-refractivity contribution is 0.414. The highest BCUT2D eigenvalue weighted by Crippen LogP contribution is 2.28. The van der Waals surface area contributed by atoms with Gasteiger partial charge in [-0.15, -0.1) is 0 Å². The minimum absolute atomic E-state index is 0.134. The summed E-state index contributed by atoms with van der Waals surface area (Å²) in [6, 6.07) is 13.9. The first kappa shape index (κ1) is 13.1. The van der Waals surface area contributed by atoms with Gasteiger partial charge >= 0.3 is 0 Å². The summed E-state index contributed by atoms with van der Waals surface area (Å²) in [5, 5.41) is 0. The van der Waals surface area contributed by atoms with E-state index in [0.717, 1.165) is 21.3 Å². The Hall–Kier alpha value is -1.32. The Labute approximate surface area is 116 Å². The molecule has 2 aromatic carbocycles. The van der Waals surface area contributed by atoms with Gasteiger partial charge in [-0.2, -0.15) is 0 Å². The maximum Gasteiger partial charge on any atom is 0.118 e. The fraction of sp³-hybridized carbons (Fsp3) is 0.200. The van der Waals surface area contributed by atoms with E-state index in [-0.39, 0.29) is 6.04 Å². The molecule has 0 aliphatic rings. The van der Waals surface area contributed by atoms with Gasteiger partial charge in [-0.05, 0) is 36.2 Å². The Kier molecular flexibility index (Phi) is 4.04. The fourth-order valence-corrected chi connectivity index (χ4v) is 2.39. The zero-order chi connectivity index (χ0) is 13.1. The zero-order valence-corrected chi connectivity index (χ0v) is 12.1. The lowest BCUT2D eigenvalue weighted by Gasteiger charge is -2.15. The molecule has 18 heavy (non-hydrogen) atoms. The van der Waals surface area contributed by atoms with Gasteiger partial charge in [-0.25, -0.2) is 0 Å². The van der Waals surface area contributed by atoms with Crippen molar-refractivity contribution < 1.29 is 4.74 Å². The average molecular weight is 306 g/mol. The third-order valence-corrected chi connectivity index (χ3v) is 3.68. The second kappa shape index (κ2) is 5.55. The molecule has 3 heteroatoms. The van der Waals surface area contributed by atoms with Gasteiger partial charge in [0.25, 0.3) is 0 Å². The zero-order valence-electron chi connectivity index (χ0n) is 10.5. The Morgan fingerprint density at radius 2 is 1.78 bits per heavy atom. The first-order chi connectivity index (χ1) is 8.61. The number of halogens is 1. The molecule has 0 fully saturated rings. The Morgan fingerprint density at radius 3 is 2.39 bits per heavy atom. The van der Waals surface area contributed by atoms with E-state index in [9.17, 15) is 0 Å². The SMILES string of the molecule is COc1ccc(C(N)c2cc(C)ccc2Br)cc1. The van der Waals surface area contributed by atoms with Crippen LogP contribution in [-0.2, 0) is 0 Å². The van der Waals surface area contributed by atoms with Crippen LogP contribution in [0.1, 0.15) is 22.7 Å². The van der Waals surface area contributed by atoms with Crippen LogP contribution in [0.5, 0.6) is 5.75 Å². The molecule has 0 radical (unpaired) electrons. The van der Waals surface area contributed by atoms with Crippen molar-refractivity contribution in [2.75, 3.05) is 7.11 Å². The molecule has 0 aromatic heterocycles. The second-order valence-electron chi connectivity index (χ2n) is 4.28. The summed E-state index contributed by atoms with van der Waals surface area (Å²) in [5.74, 6) is 0.842. The van der Waals surface area contributed by atoms with Gasteiger partial charge in [0.05, 0.1) is 13.2 Å². The van der Waals surface area contributed by atoms with E-state index >= 15 is 0 Å². The monoisotopic (exact) mass is 305 g/mol. The summed E-state index contributed by atoms with van der Waals surface area (Å²) in [6.07, 6.45) is 0. The number of rotatable bonds is 3. The van der Waals surface area contributed by atoms with Crippen LogP contribution >= 0.6 is 15.9 Å². The highest BCUT2D eigenvalue weighted by atomic mass is 79.9. The van der Waals surface area contributed by atoms with Crippen LogP contribution in [0.4, 0.5) is 0 Å². The van der Waals surface area contributed by atoms with E-state index < -0.39 is 0 Å². The van der Waals surface area contributed by atoms with Gasteiger partial charge in [0.15, 0.2) is 0 Å². The predicted molar refractivity (Wildman–Crippen MR) is 77.9 cm³/mol. The molecular formula is C15H16BrNO. The van der Waals surface area contributed by atoms with Crippen molar-refractivity contribution in [1.82, 2.24) is 0 Å². The molecule has 2 nitrogen and oxygen atoms in total. The van der Waals surface area contributed by atoms with E-state index in [1.54, 1.807) is 7.11 Å². The van der Waals surface area contributed by atoms with Crippen LogP contribution in [0.15, 0.2) is 46.9 Å². The first-order valence-electron chi connectivity index (χ1n) is 5.77. The largest absolute Gasteiger partial charge is 0.497 e. The maximum absolute atomic E-state index is 6.31. The number of aryl methyl sites for hydroxylation is 1. The van der Waals surface area contributed by atoms with Crippen molar-refractivity contribution in [3.8, 4) is 5.75 Å². The van der Waals surface area contributed by atoms with Crippen LogP contribution in [0.25, 0.3) is 0 Å². The minimum atomic E-state index is -0.134. The minimum Gasteiger partial charge on any atom is -0.497 e. The molecule has 0 aliphatic carbocycles. The lowest BCUT2D eigenvalue weighted by atomic mass is 9.98. The number of methoxy groups -OCH3 is 1. The van der Waals surface area contributed by atoms with Crippen LogP contribution < -0.4 is 10.5 Å². The summed E-state index contributed by atoms with van der Waals surface area (Å²) in [5.41, 5.74) is 9.68. The highest BCUT2D eigenvalue weighted by Gasteiger charge is 2.12. The topological polar surface area (TPSA) is 35.2 Å². The average Bonchev–Trinajstić information content (AvgIpc) is 2.41. The Bertz CT molecular complexity index is 537. The van der Waals surface area contributed by atoms with E-state index in [2.05, 4.69) is 35.0 Å². The summed E-state index contributed by atoms with van der Waals surface area (Å²) in [4.78, 5) is 0. The standard InChI is InChI=1S/C15H16BrNO/c1-10-3-8-14(16)13(9-10)15(17)11-4-6-12(18-2)7-5-11/h3-9,15H,17H2,1-2H3. The number of nitrogens with two attached hydrogens (primary N) is 1. The van der Waals surface area contributed by atoms with Crippen molar-refractivity contribution in [3.63, 3.8) is 0 Å². The lowest BCUT2D eigenvalue weighted by Crippen LogP contribution is -2.12. The van der Waals surface area contributed by atoms with Gasteiger partial charge in [0.1, 0.15) is 5.75 Å². The van der Waals surface area contributed by atoms with Crippen LogP contribution in [-0.4, -0.2) is 7.11 Å². The third-order valence-electron chi connectivity index (χ3n) is 2.96. The highest BCUT2D eigenvalue weighted by molar-refractivity contribution is 9.10. The molecule has 0 saturated carbocycles. The Morgan fingerprint density at radius 1 is 1.11 bits per heavy atom. The van der Waals surface area contributed by atoms with E-state index in [0.29, 0.717) is 0 Å². The van der Waals surface area contributed by atoms with Crippen molar-refractivity contribution in [2.45, 2.75) is 13.0 Å². The van der Waals surface area contributed by atoms with Gasteiger partial charge < -0.3 is 10.5 Å². The van der Waals surface area contributed by atoms with Crippen LogP contribution in [0.3, 0.4) is 0 Å².